The summed E-state index contributed by atoms with van der Waals surface area (Å²) in [6.45, 7) is 0. The number of nitrogens with one attached hydrogen (secondary N) is 1. The fraction of sp³-hybridized carbons (Fsp3) is 0.471. The third-order valence-electron chi connectivity index (χ3n) is 4.41. The van der Waals surface area contributed by atoms with Gasteiger partial charge in [-0.2, -0.15) is 0 Å². The van der Waals surface area contributed by atoms with Crippen LogP contribution in [0.4, 0.5) is 0 Å². The average Bonchev–Trinajstić information content (AvgIpc) is 2.97. The number of aromatic nitrogens is 3. The minimum atomic E-state index is -0.113. The maximum Gasteiger partial charge on any atom is 0.252 e. The molecule has 1 fully saturated rings. The van der Waals surface area contributed by atoms with E-state index in [1.807, 2.05) is 35.8 Å². The highest BCUT2D eigenvalue weighted by atomic mass is 32.2. The van der Waals surface area contributed by atoms with E-state index >= 15 is 0 Å². The molecule has 6 nitrogen and oxygen atoms in total. The molecule has 2 aromatic heterocycles. The summed E-state index contributed by atoms with van der Waals surface area (Å²) < 4.78 is 3.47. The molecule has 2 heterocycles. The van der Waals surface area contributed by atoms with E-state index in [0.717, 1.165) is 30.8 Å². The Morgan fingerprint density at radius 3 is 2.58 bits per heavy atom. The number of imidazole rings is 1. The van der Waals surface area contributed by atoms with Gasteiger partial charge in [0.15, 0.2) is 5.16 Å². The first kappa shape index (κ1) is 16.8. The van der Waals surface area contributed by atoms with Crippen LogP contribution < -0.4 is 10.9 Å². The van der Waals surface area contributed by atoms with Crippen LogP contribution in [0.15, 0.2) is 40.7 Å². The minimum Gasteiger partial charge on any atom is -0.349 e. The zero-order valence-electron chi connectivity index (χ0n) is 13.9. The Bertz CT molecular complexity index is 775. The summed E-state index contributed by atoms with van der Waals surface area (Å²) >= 11 is 1.82. The van der Waals surface area contributed by atoms with Crippen molar-refractivity contribution < 1.29 is 4.79 Å². The van der Waals surface area contributed by atoms with E-state index in [1.54, 1.807) is 19.3 Å². The van der Waals surface area contributed by atoms with Crippen molar-refractivity contribution in [2.75, 3.05) is 0 Å². The minimum absolute atomic E-state index is 0.106. The third-order valence-corrected chi connectivity index (χ3v) is 5.82. The molecule has 1 aliphatic carbocycles. The highest BCUT2D eigenvalue weighted by Crippen LogP contribution is 2.32. The number of pyridine rings is 1. The number of thioether (sulfide) groups is 1. The van der Waals surface area contributed by atoms with Gasteiger partial charge in [0.1, 0.15) is 0 Å². The Kier molecular flexibility index (Phi) is 5.08. The Labute approximate surface area is 145 Å². The van der Waals surface area contributed by atoms with E-state index in [-0.39, 0.29) is 17.5 Å². The van der Waals surface area contributed by atoms with Crippen LogP contribution in [0.25, 0.3) is 0 Å². The second-order valence-electron chi connectivity index (χ2n) is 6.25. The van der Waals surface area contributed by atoms with Crippen molar-refractivity contribution in [1.29, 1.82) is 0 Å². The van der Waals surface area contributed by atoms with Crippen LogP contribution in [0.5, 0.6) is 0 Å². The van der Waals surface area contributed by atoms with E-state index in [9.17, 15) is 9.59 Å². The molecule has 0 spiro atoms. The van der Waals surface area contributed by atoms with Crippen molar-refractivity contribution in [2.24, 2.45) is 14.1 Å². The van der Waals surface area contributed by atoms with Gasteiger partial charge in [-0.05, 0) is 31.7 Å². The Morgan fingerprint density at radius 1 is 1.21 bits per heavy atom. The van der Waals surface area contributed by atoms with E-state index in [1.165, 1.54) is 10.6 Å². The van der Waals surface area contributed by atoms with Gasteiger partial charge in [0, 0.05) is 50.0 Å². The Morgan fingerprint density at radius 2 is 1.96 bits per heavy atom. The molecule has 2 aromatic rings. The Hall–Kier alpha value is -2.02. The molecule has 0 bridgehead atoms. The number of amides is 1. The van der Waals surface area contributed by atoms with Gasteiger partial charge in [0.05, 0.1) is 5.56 Å². The number of aryl methyl sites for hydroxylation is 2. The predicted octanol–water partition coefficient (Wildman–Crippen LogP) is 1.95. The van der Waals surface area contributed by atoms with Crippen molar-refractivity contribution in [3.63, 3.8) is 0 Å². The maximum absolute atomic E-state index is 12.3. The van der Waals surface area contributed by atoms with Crippen LogP contribution in [0, 0.1) is 0 Å². The maximum atomic E-state index is 12.3. The lowest BCUT2D eigenvalue weighted by Crippen LogP contribution is -2.38. The van der Waals surface area contributed by atoms with Crippen molar-refractivity contribution in [3.05, 3.63) is 46.6 Å². The molecule has 1 aliphatic rings. The molecule has 1 amide bonds. The molecule has 7 heteroatoms. The standard InChI is InChI=1S/C17H22N4O2S/c1-20-10-9-18-17(20)24-14-6-4-13(5-7-14)19-16(23)12-3-8-15(22)21(2)11-12/h3,8-11,13-14H,4-7H2,1-2H3,(H,19,23). The third kappa shape index (κ3) is 3.90. The SMILES string of the molecule is Cn1ccnc1SC1CCC(NC(=O)c2ccc(=O)n(C)c2)CC1. The fourth-order valence-electron chi connectivity index (χ4n) is 2.94. The quantitative estimate of drug-likeness (QED) is 0.919. The van der Waals surface area contributed by atoms with Crippen LogP contribution in [0.1, 0.15) is 36.0 Å². The van der Waals surface area contributed by atoms with Gasteiger partial charge in [0.2, 0.25) is 5.56 Å². The van der Waals surface area contributed by atoms with Crippen molar-refractivity contribution in [1.82, 2.24) is 19.4 Å². The van der Waals surface area contributed by atoms with Gasteiger partial charge in [-0.1, -0.05) is 11.8 Å². The highest BCUT2D eigenvalue weighted by Gasteiger charge is 2.24. The van der Waals surface area contributed by atoms with Crippen molar-refractivity contribution >= 4 is 17.7 Å². The topological polar surface area (TPSA) is 68.9 Å². The van der Waals surface area contributed by atoms with E-state index < -0.39 is 0 Å². The molecule has 128 valence electrons. The number of nitrogens with zero attached hydrogens (tertiary/aromatic N) is 3. The molecular formula is C17H22N4O2S. The number of carbonyl (C=O) groups is 1. The summed E-state index contributed by atoms with van der Waals surface area (Å²) in [5.74, 6) is -0.106. The normalized spacial score (nSPS) is 20.8. The monoisotopic (exact) mass is 346 g/mol. The summed E-state index contributed by atoms with van der Waals surface area (Å²) in [4.78, 5) is 28.1. The molecule has 0 aliphatic heterocycles. The van der Waals surface area contributed by atoms with Crippen LogP contribution in [-0.2, 0) is 14.1 Å². The molecule has 0 atom stereocenters. The van der Waals surface area contributed by atoms with Crippen LogP contribution in [0.2, 0.25) is 0 Å². The molecule has 3 rings (SSSR count). The molecule has 1 saturated carbocycles. The predicted molar refractivity (Wildman–Crippen MR) is 94.3 cm³/mol. The molecule has 0 unspecified atom stereocenters. The van der Waals surface area contributed by atoms with E-state index in [0.29, 0.717) is 10.8 Å². The van der Waals surface area contributed by atoms with Crippen LogP contribution >= 0.6 is 11.8 Å². The van der Waals surface area contributed by atoms with Gasteiger partial charge in [-0.3, -0.25) is 9.59 Å². The molecule has 0 aromatic carbocycles. The summed E-state index contributed by atoms with van der Waals surface area (Å²) in [5.41, 5.74) is 0.417. The van der Waals surface area contributed by atoms with Crippen LogP contribution in [-0.4, -0.2) is 31.3 Å². The first-order chi connectivity index (χ1) is 11.5. The first-order valence-electron chi connectivity index (χ1n) is 8.14. The number of rotatable bonds is 4. The lowest BCUT2D eigenvalue weighted by atomic mass is 9.95. The lowest BCUT2D eigenvalue weighted by Gasteiger charge is -2.28. The van der Waals surface area contributed by atoms with Gasteiger partial charge in [-0.25, -0.2) is 4.98 Å². The summed E-state index contributed by atoms with van der Waals surface area (Å²) in [5, 5.41) is 4.69. The zero-order chi connectivity index (χ0) is 17.1. The fourth-order valence-corrected chi connectivity index (χ4v) is 4.09. The van der Waals surface area contributed by atoms with Crippen molar-refractivity contribution in [2.45, 2.75) is 42.1 Å². The second kappa shape index (κ2) is 7.25. The highest BCUT2D eigenvalue weighted by molar-refractivity contribution is 7.99. The van der Waals surface area contributed by atoms with Crippen molar-refractivity contribution in [3.8, 4) is 0 Å². The molecular weight excluding hydrogens is 324 g/mol. The van der Waals surface area contributed by atoms with Gasteiger partial charge >= 0.3 is 0 Å². The summed E-state index contributed by atoms with van der Waals surface area (Å²) in [7, 11) is 3.66. The van der Waals surface area contributed by atoms with Gasteiger partial charge in [0.25, 0.3) is 5.91 Å². The second-order valence-corrected chi connectivity index (χ2v) is 7.52. The largest absolute Gasteiger partial charge is 0.349 e. The van der Waals surface area contributed by atoms with Gasteiger partial charge in [-0.15, -0.1) is 0 Å². The number of hydrogen-bond donors (Lipinski definition) is 1. The van der Waals surface area contributed by atoms with Crippen LogP contribution in [0.3, 0.4) is 0 Å². The van der Waals surface area contributed by atoms with E-state index in [4.69, 9.17) is 0 Å². The summed E-state index contributed by atoms with van der Waals surface area (Å²) in [6.07, 6.45) is 9.44. The van der Waals surface area contributed by atoms with Gasteiger partial charge < -0.3 is 14.5 Å². The molecule has 0 saturated heterocycles. The first-order valence-corrected chi connectivity index (χ1v) is 9.02. The Balaban J connectivity index is 1.51. The van der Waals surface area contributed by atoms with E-state index in [2.05, 4.69) is 10.3 Å². The average molecular weight is 346 g/mol. The molecule has 0 radical (unpaired) electrons. The molecule has 24 heavy (non-hydrogen) atoms. The smallest absolute Gasteiger partial charge is 0.252 e. The zero-order valence-corrected chi connectivity index (χ0v) is 14.8. The number of carbonyl (C=O) groups excluding carboxylic acids is 1. The summed E-state index contributed by atoms with van der Waals surface area (Å²) in [6, 6.07) is 3.21. The molecule has 1 N–H and O–H groups in total. The lowest BCUT2D eigenvalue weighted by molar-refractivity contribution is 0.0927. The number of hydrogen-bond acceptors (Lipinski definition) is 4.